The van der Waals surface area contributed by atoms with Gasteiger partial charge in [-0.1, -0.05) is 17.7 Å². The topological polar surface area (TPSA) is 35.2 Å². The summed E-state index contributed by atoms with van der Waals surface area (Å²) in [6, 6.07) is 4.28. The van der Waals surface area contributed by atoms with E-state index in [1.165, 1.54) is 24.0 Å². The van der Waals surface area contributed by atoms with Crippen molar-refractivity contribution in [2.24, 2.45) is 5.73 Å². The number of rotatable bonds is 2. The van der Waals surface area contributed by atoms with Crippen molar-refractivity contribution < 1.29 is 4.74 Å². The first-order valence-electron chi connectivity index (χ1n) is 5.84. The maximum atomic E-state index is 6.27. The molecule has 0 aromatic heterocycles. The molecule has 2 nitrogen and oxygen atoms in total. The lowest BCUT2D eigenvalue weighted by Gasteiger charge is -2.14. The lowest BCUT2D eigenvalue weighted by molar-refractivity contribution is 0.255. The molecule has 0 amide bonds. The fourth-order valence-corrected chi connectivity index (χ4v) is 2.84. The first-order valence-corrected chi connectivity index (χ1v) is 6.22. The van der Waals surface area contributed by atoms with Crippen molar-refractivity contribution in [2.45, 2.75) is 37.7 Å². The molecular formula is C13H16ClNO. The van der Waals surface area contributed by atoms with E-state index in [1.54, 1.807) is 0 Å². The van der Waals surface area contributed by atoms with Crippen LogP contribution in [0.3, 0.4) is 0 Å². The average molecular weight is 238 g/mol. The predicted octanol–water partition coefficient (Wildman–Crippen LogP) is 2.65. The number of nitrogens with two attached hydrogens (primary N) is 1. The second kappa shape index (κ2) is 3.38. The summed E-state index contributed by atoms with van der Waals surface area (Å²) < 4.78 is 5.70. The lowest BCUT2D eigenvalue weighted by atomic mass is 9.93. The predicted molar refractivity (Wildman–Crippen MR) is 65.2 cm³/mol. The molecule has 2 N–H and O–H groups in total. The SMILES string of the molecule is CC1Cc2cc(C3(CN)CC3)cc(Cl)c2O1. The Morgan fingerprint density at radius 2 is 2.25 bits per heavy atom. The molecule has 1 saturated carbocycles. The van der Waals surface area contributed by atoms with Crippen LogP contribution in [0.25, 0.3) is 0 Å². The molecule has 3 heteroatoms. The third-order valence-corrected chi connectivity index (χ3v) is 4.08. The standard InChI is InChI=1S/C13H16ClNO/c1-8-4-9-5-10(13(7-15)2-3-13)6-11(14)12(9)16-8/h5-6,8H,2-4,7,15H2,1H3. The van der Waals surface area contributed by atoms with Crippen molar-refractivity contribution in [2.75, 3.05) is 6.54 Å². The van der Waals surface area contributed by atoms with Crippen LogP contribution in [0.4, 0.5) is 0 Å². The monoisotopic (exact) mass is 237 g/mol. The van der Waals surface area contributed by atoms with Crippen LogP contribution < -0.4 is 10.5 Å². The molecule has 0 spiro atoms. The third kappa shape index (κ3) is 1.44. The Bertz CT molecular complexity index is 440. The summed E-state index contributed by atoms with van der Waals surface area (Å²) in [4.78, 5) is 0. The highest BCUT2D eigenvalue weighted by Crippen LogP contribution is 2.50. The first kappa shape index (κ1) is 10.4. The number of benzene rings is 1. The average Bonchev–Trinajstić information content (AvgIpc) is 2.96. The maximum Gasteiger partial charge on any atom is 0.141 e. The Hall–Kier alpha value is -0.730. The van der Waals surface area contributed by atoms with Gasteiger partial charge in [-0.05, 0) is 37.0 Å². The van der Waals surface area contributed by atoms with Crippen LogP contribution in [0.2, 0.25) is 5.02 Å². The zero-order chi connectivity index (χ0) is 11.3. The maximum absolute atomic E-state index is 6.27. The molecule has 3 rings (SSSR count). The fourth-order valence-electron chi connectivity index (χ4n) is 2.55. The van der Waals surface area contributed by atoms with Crippen molar-refractivity contribution in [1.29, 1.82) is 0 Å². The van der Waals surface area contributed by atoms with Crippen LogP contribution in [0.5, 0.6) is 5.75 Å². The van der Waals surface area contributed by atoms with Gasteiger partial charge in [0.25, 0.3) is 0 Å². The van der Waals surface area contributed by atoms with Gasteiger partial charge in [0, 0.05) is 18.4 Å². The molecule has 2 aliphatic rings. The van der Waals surface area contributed by atoms with E-state index in [1.807, 2.05) is 6.07 Å². The lowest BCUT2D eigenvalue weighted by Crippen LogP contribution is -2.19. The van der Waals surface area contributed by atoms with Gasteiger partial charge in [0.15, 0.2) is 0 Å². The fraction of sp³-hybridized carbons (Fsp3) is 0.538. The summed E-state index contributed by atoms with van der Waals surface area (Å²) in [5.41, 5.74) is 8.61. The number of halogens is 1. The minimum Gasteiger partial charge on any atom is -0.489 e. The van der Waals surface area contributed by atoms with Crippen LogP contribution in [-0.2, 0) is 11.8 Å². The van der Waals surface area contributed by atoms with Crippen LogP contribution >= 0.6 is 11.6 Å². The van der Waals surface area contributed by atoms with E-state index in [9.17, 15) is 0 Å². The van der Waals surface area contributed by atoms with Crippen LogP contribution in [-0.4, -0.2) is 12.6 Å². The Morgan fingerprint density at radius 3 is 2.88 bits per heavy atom. The highest BCUT2D eigenvalue weighted by Gasteiger charge is 2.43. The van der Waals surface area contributed by atoms with Gasteiger partial charge in [-0.15, -0.1) is 0 Å². The second-order valence-electron chi connectivity index (χ2n) is 5.06. The van der Waals surface area contributed by atoms with Crippen molar-refractivity contribution >= 4 is 11.6 Å². The van der Waals surface area contributed by atoms with Gasteiger partial charge < -0.3 is 10.5 Å². The molecule has 86 valence electrons. The third-order valence-electron chi connectivity index (χ3n) is 3.80. The van der Waals surface area contributed by atoms with Crippen LogP contribution in [0.15, 0.2) is 12.1 Å². The van der Waals surface area contributed by atoms with E-state index in [0.29, 0.717) is 0 Å². The van der Waals surface area contributed by atoms with Gasteiger partial charge >= 0.3 is 0 Å². The molecule has 1 aliphatic carbocycles. The van der Waals surface area contributed by atoms with E-state index in [0.717, 1.165) is 23.7 Å². The van der Waals surface area contributed by atoms with E-state index >= 15 is 0 Å². The molecule has 1 unspecified atom stereocenters. The van der Waals surface area contributed by atoms with Crippen molar-refractivity contribution in [3.8, 4) is 5.75 Å². The minimum absolute atomic E-state index is 0.213. The Labute approximate surface area is 101 Å². The summed E-state index contributed by atoms with van der Waals surface area (Å²) >= 11 is 6.27. The first-order chi connectivity index (χ1) is 7.64. The summed E-state index contributed by atoms with van der Waals surface area (Å²) in [5, 5.41) is 0.747. The summed E-state index contributed by atoms with van der Waals surface area (Å²) in [6.45, 7) is 2.80. The minimum atomic E-state index is 0.213. The van der Waals surface area contributed by atoms with E-state index in [-0.39, 0.29) is 11.5 Å². The van der Waals surface area contributed by atoms with Gasteiger partial charge in [-0.3, -0.25) is 0 Å². The highest BCUT2D eigenvalue weighted by molar-refractivity contribution is 6.32. The number of hydrogen-bond donors (Lipinski definition) is 1. The largest absolute Gasteiger partial charge is 0.489 e. The van der Waals surface area contributed by atoms with Gasteiger partial charge in [0.2, 0.25) is 0 Å². The molecule has 0 radical (unpaired) electrons. The Balaban J connectivity index is 2.05. The van der Waals surface area contributed by atoms with Gasteiger partial charge in [-0.2, -0.15) is 0 Å². The molecule has 0 saturated heterocycles. The Morgan fingerprint density at radius 1 is 1.50 bits per heavy atom. The van der Waals surface area contributed by atoms with E-state index in [2.05, 4.69) is 13.0 Å². The van der Waals surface area contributed by atoms with Gasteiger partial charge in [-0.25, -0.2) is 0 Å². The molecule has 1 atom stereocenters. The smallest absolute Gasteiger partial charge is 0.141 e. The number of fused-ring (bicyclic) bond motifs is 1. The zero-order valence-electron chi connectivity index (χ0n) is 9.42. The molecule has 1 heterocycles. The molecule has 16 heavy (non-hydrogen) atoms. The molecule has 0 bridgehead atoms. The molecular weight excluding hydrogens is 222 g/mol. The van der Waals surface area contributed by atoms with Crippen LogP contribution in [0.1, 0.15) is 30.9 Å². The molecule has 1 aliphatic heterocycles. The summed E-state index contributed by atoms with van der Waals surface area (Å²) in [5.74, 6) is 0.880. The Kier molecular flexibility index (Phi) is 2.20. The van der Waals surface area contributed by atoms with Gasteiger partial charge in [0.1, 0.15) is 11.9 Å². The second-order valence-corrected chi connectivity index (χ2v) is 5.47. The molecule has 1 aromatic rings. The zero-order valence-corrected chi connectivity index (χ0v) is 10.2. The summed E-state index contributed by atoms with van der Waals surface area (Å²) in [7, 11) is 0. The summed E-state index contributed by atoms with van der Waals surface area (Å²) in [6.07, 6.45) is 3.59. The molecule has 1 aromatic carbocycles. The van der Waals surface area contributed by atoms with E-state index in [4.69, 9.17) is 22.1 Å². The van der Waals surface area contributed by atoms with Gasteiger partial charge in [0.05, 0.1) is 5.02 Å². The quantitative estimate of drug-likeness (QED) is 0.858. The van der Waals surface area contributed by atoms with E-state index < -0.39 is 0 Å². The van der Waals surface area contributed by atoms with Crippen molar-refractivity contribution in [3.63, 3.8) is 0 Å². The van der Waals surface area contributed by atoms with Crippen molar-refractivity contribution in [1.82, 2.24) is 0 Å². The highest BCUT2D eigenvalue weighted by atomic mass is 35.5. The molecule has 1 fully saturated rings. The van der Waals surface area contributed by atoms with Crippen molar-refractivity contribution in [3.05, 3.63) is 28.3 Å². The normalized spacial score (nSPS) is 25.1. The number of ether oxygens (including phenoxy) is 1. The number of hydrogen-bond acceptors (Lipinski definition) is 2. The van der Waals surface area contributed by atoms with Crippen LogP contribution in [0, 0.1) is 0 Å².